The average Bonchev–Trinajstić information content (AvgIpc) is 2.94. The first-order valence-electron chi connectivity index (χ1n) is 6.65. The van der Waals surface area contributed by atoms with Gasteiger partial charge in [-0.25, -0.2) is 8.78 Å². The molecule has 0 radical (unpaired) electrons. The molecule has 18 heavy (non-hydrogen) atoms. The summed E-state index contributed by atoms with van der Waals surface area (Å²) in [5, 5.41) is 3.49. The Bertz CT molecular complexity index is 436. The van der Waals surface area contributed by atoms with E-state index in [1.54, 1.807) is 6.07 Å². The summed E-state index contributed by atoms with van der Waals surface area (Å²) in [5.41, 5.74) is 0.811. The molecule has 4 heteroatoms. The minimum Gasteiger partial charge on any atom is -0.308 e. The van der Waals surface area contributed by atoms with Crippen molar-refractivity contribution >= 4 is 0 Å². The fourth-order valence-electron chi connectivity index (χ4n) is 3.22. The molecule has 1 aromatic rings. The van der Waals surface area contributed by atoms with Crippen molar-refractivity contribution < 1.29 is 8.78 Å². The summed E-state index contributed by atoms with van der Waals surface area (Å²) in [6.07, 6.45) is 3.71. The molecule has 1 N–H and O–H groups in total. The molecule has 2 saturated heterocycles. The average molecular weight is 252 g/mol. The molecule has 0 amide bonds. The van der Waals surface area contributed by atoms with Crippen LogP contribution in [0.5, 0.6) is 0 Å². The van der Waals surface area contributed by atoms with Gasteiger partial charge in [0.2, 0.25) is 0 Å². The van der Waals surface area contributed by atoms with Gasteiger partial charge in [0.25, 0.3) is 0 Å². The van der Waals surface area contributed by atoms with Gasteiger partial charge in [-0.05, 0) is 43.5 Å². The Labute approximate surface area is 106 Å². The fraction of sp³-hybridized carbons (Fsp3) is 0.571. The Balaban J connectivity index is 1.59. The third-order valence-electron chi connectivity index (χ3n) is 4.16. The van der Waals surface area contributed by atoms with Gasteiger partial charge in [-0.3, -0.25) is 4.90 Å². The van der Waals surface area contributed by atoms with Crippen LogP contribution in [-0.4, -0.2) is 30.1 Å². The van der Waals surface area contributed by atoms with Crippen molar-refractivity contribution in [1.29, 1.82) is 0 Å². The van der Waals surface area contributed by atoms with Gasteiger partial charge in [0, 0.05) is 25.2 Å². The summed E-state index contributed by atoms with van der Waals surface area (Å²) in [4.78, 5) is 2.53. The lowest BCUT2D eigenvalue weighted by atomic mass is 10.1. The second kappa shape index (κ2) is 4.94. The minimum atomic E-state index is -0.776. The van der Waals surface area contributed by atoms with Crippen molar-refractivity contribution in [2.45, 2.75) is 37.9 Å². The zero-order chi connectivity index (χ0) is 12.5. The Hall–Kier alpha value is -1.00. The molecule has 0 spiro atoms. The van der Waals surface area contributed by atoms with Gasteiger partial charge in [0.1, 0.15) is 0 Å². The highest BCUT2D eigenvalue weighted by Gasteiger charge is 2.36. The molecule has 0 aromatic heterocycles. The number of rotatable bonds is 3. The maximum absolute atomic E-state index is 13.1. The Morgan fingerprint density at radius 3 is 2.89 bits per heavy atom. The molecule has 2 aliphatic heterocycles. The molecule has 0 saturated carbocycles. The number of hydrogen-bond acceptors (Lipinski definition) is 2. The summed E-state index contributed by atoms with van der Waals surface area (Å²) >= 11 is 0. The van der Waals surface area contributed by atoms with E-state index in [-0.39, 0.29) is 0 Å². The maximum atomic E-state index is 13.1. The topological polar surface area (TPSA) is 15.3 Å². The van der Waals surface area contributed by atoms with E-state index in [0.717, 1.165) is 12.0 Å². The van der Waals surface area contributed by atoms with Crippen molar-refractivity contribution in [3.8, 4) is 0 Å². The first-order chi connectivity index (χ1) is 8.74. The van der Waals surface area contributed by atoms with Gasteiger partial charge in [-0.15, -0.1) is 0 Å². The molecule has 2 nitrogen and oxygen atoms in total. The first kappa shape index (κ1) is 12.1. The van der Waals surface area contributed by atoms with Crippen LogP contribution < -0.4 is 5.32 Å². The Morgan fingerprint density at radius 1 is 1.17 bits per heavy atom. The Kier molecular flexibility index (Phi) is 3.31. The first-order valence-corrected chi connectivity index (χ1v) is 6.65. The fourth-order valence-corrected chi connectivity index (χ4v) is 3.22. The van der Waals surface area contributed by atoms with Gasteiger partial charge in [0.05, 0.1) is 0 Å². The molecule has 1 aromatic carbocycles. The van der Waals surface area contributed by atoms with Gasteiger partial charge in [-0.2, -0.15) is 0 Å². The summed E-state index contributed by atoms with van der Waals surface area (Å²) in [6.45, 7) is 3.00. The molecule has 2 unspecified atom stereocenters. The number of nitrogens with one attached hydrogen (secondary N) is 1. The number of nitrogens with zero attached hydrogens (tertiary/aromatic N) is 1. The predicted octanol–water partition coefficient (Wildman–Crippen LogP) is 2.29. The van der Waals surface area contributed by atoms with Gasteiger partial charge in [0.15, 0.2) is 11.6 Å². The molecule has 0 bridgehead atoms. The van der Waals surface area contributed by atoms with E-state index in [9.17, 15) is 8.78 Å². The molecule has 98 valence electrons. The molecule has 2 aliphatic rings. The lowest BCUT2D eigenvalue weighted by Crippen LogP contribution is -2.38. The van der Waals surface area contributed by atoms with Gasteiger partial charge >= 0.3 is 0 Å². The van der Waals surface area contributed by atoms with Crippen molar-refractivity contribution in [2.75, 3.05) is 13.1 Å². The molecular formula is C14H18F2N2. The highest BCUT2D eigenvalue weighted by Crippen LogP contribution is 2.28. The zero-order valence-electron chi connectivity index (χ0n) is 10.3. The molecular weight excluding hydrogens is 234 g/mol. The van der Waals surface area contributed by atoms with Crippen LogP contribution >= 0.6 is 0 Å². The predicted molar refractivity (Wildman–Crippen MR) is 66.2 cm³/mol. The SMILES string of the molecule is Fc1ccc(CNC2CCN3CCCC23)cc1F. The highest BCUT2D eigenvalue weighted by molar-refractivity contribution is 5.17. The monoisotopic (exact) mass is 252 g/mol. The van der Waals surface area contributed by atoms with Crippen LogP contribution in [0.15, 0.2) is 18.2 Å². The molecule has 2 heterocycles. The third-order valence-corrected chi connectivity index (χ3v) is 4.16. The smallest absolute Gasteiger partial charge is 0.159 e. The number of fused-ring (bicyclic) bond motifs is 1. The van der Waals surface area contributed by atoms with Crippen LogP contribution in [0, 0.1) is 11.6 Å². The summed E-state index contributed by atoms with van der Waals surface area (Å²) in [6, 6.07) is 5.27. The lowest BCUT2D eigenvalue weighted by Gasteiger charge is -2.21. The van der Waals surface area contributed by atoms with Gasteiger partial charge in [-0.1, -0.05) is 6.07 Å². The van der Waals surface area contributed by atoms with E-state index in [2.05, 4.69) is 10.2 Å². The second-order valence-electron chi connectivity index (χ2n) is 5.27. The zero-order valence-corrected chi connectivity index (χ0v) is 10.3. The molecule has 2 atom stereocenters. The van der Waals surface area contributed by atoms with Crippen LogP contribution in [0.4, 0.5) is 8.78 Å². The quantitative estimate of drug-likeness (QED) is 0.888. The van der Waals surface area contributed by atoms with Crippen molar-refractivity contribution in [2.24, 2.45) is 0 Å². The van der Waals surface area contributed by atoms with Crippen molar-refractivity contribution in [3.63, 3.8) is 0 Å². The number of hydrogen-bond donors (Lipinski definition) is 1. The van der Waals surface area contributed by atoms with E-state index in [1.165, 1.54) is 38.1 Å². The standard InChI is InChI=1S/C14H18F2N2/c15-11-4-3-10(8-12(11)16)9-17-13-5-7-18-6-1-2-14(13)18/h3-4,8,13-14,17H,1-2,5-7,9H2. The van der Waals surface area contributed by atoms with Crippen LogP contribution in [0.2, 0.25) is 0 Å². The van der Waals surface area contributed by atoms with E-state index in [4.69, 9.17) is 0 Å². The molecule has 3 rings (SSSR count). The van der Waals surface area contributed by atoms with E-state index < -0.39 is 11.6 Å². The minimum absolute atomic E-state index is 0.501. The highest BCUT2D eigenvalue weighted by atomic mass is 19.2. The van der Waals surface area contributed by atoms with Crippen LogP contribution in [0.1, 0.15) is 24.8 Å². The number of halogens is 2. The summed E-state index contributed by atoms with van der Waals surface area (Å²) in [7, 11) is 0. The van der Waals surface area contributed by atoms with E-state index in [0.29, 0.717) is 18.6 Å². The second-order valence-corrected chi connectivity index (χ2v) is 5.27. The van der Waals surface area contributed by atoms with Crippen LogP contribution in [-0.2, 0) is 6.54 Å². The molecule has 0 aliphatic carbocycles. The van der Waals surface area contributed by atoms with Crippen molar-refractivity contribution in [1.82, 2.24) is 10.2 Å². The van der Waals surface area contributed by atoms with Gasteiger partial charge < -0.3 is 5.32 Å². The summed E-state index contributed by atoms with van der Waals surface area (Å²) < 4.78 is 25.9. The van der Waals surface area contributed by atoms with E-state index >= 15 is 0 Å². The molecule has 2 fully saturated rings. The van der Waals surface area contributed by atoms with Crippen LogP contribution in [0.25, 0.3) is 0 Å². The number of benzene rings is 1. The van der Waals surface area contributed by atoms with Crippen LogP contribution in [0.3, 0.4) is 0 Å². The maximum Gasteiger partial charge on any atom is 0.159 e. The van der Waals surface area contributed by atoms with E-state index in [1.807, 2.05) is 0 Å². The largest absolute Gasteiger partial charge is 0.308 e. The van der Waals surface area contributed by atoms with Crippen molar-refractivity contribution in [3.05, 3.63) is 35.4 Å². The third kappa shape index (κ3) is 2.27. The Morgan fingerprint density at radius 2 is 2.06 bits per heavy atom. The lowest BCUT2D eigenvalue weighted by molar-refractivity contribution is 0.298. The summed E-state index contributed by atoms with van der Waals surface area (Å²) in [5.74, 6) is -1.54. The normalized spacial score (nSPS) is 27.7.